The lowest BCUT2D eigenvalue weighted by Crippen LogP contribution is -2.19. The van der Waals surface area contributed by atoms with Crippen molar-refractivity contribution in [3.63, 3.8) is 0 Å². The van der Waals surface area contributed by atoms with Gasteiger partial charge in [0.2, 0.25) is 5.88 Å². The van der Waals surface area contributed by atoms with Gasteiger partial charge in [-0.1, -0.05) is 12.1 Å². The second-order valence-corrected chi connectivity index (χ2v) is 4.18. The molecule has 0 bridgehead atoms. The summed E-state index contributed by atoms with van der Waals surface area (Å²) < 4.78 is 6.22. The van der Waals surface area contributed by atoms with Crippen LogP contribution in [0.15, 0.2) is 35.1 Å². The lowest BCUT2D eigenvalue weighted by molar-refractivity contribution is 0.410. The van der Waals surface area contributed by atoms with Crippen LogP contribution in [0.25, 0.3) is 11.1 Å². The second kappa shape index (κ2) is 5.49. The van der Waals surface area contributed by atoms with E-state index in [-0.39, 0.29) is 17.0 Å². The monoisotopic (exact) mass is 270 g/mol. The molecule has 0 aliphatic carbocycles. The summed E-state index contributed by atoms with van der Waals surface area (Å²) in [6, 6.07) is 10.3. The SMILES string of the molecule is CCn1c(O)c(C#N)c(-c2ccc(OC)cc2)cc1=O. The van der Waals surface area contributed by atoms with Gasteiger partial charge in [-0.25, -0.2) is 0 Å². The molecule has 2 aromatic rings. The molecule has 1 N–H and O–H groups in total. The molecule has 0 unspecified atom stereocenters. The summed E-state index contributed by atoms with van der Waals surface area (Å²) in [5.41, 5.74) is 0.854. The highest BCUT2D eigenvalue weighted by atomic mass is 16.5. The summed E-state index contributed by atoms with van der Waals surface area (Å²) in [5.74, 6) is 0.381. The molecular weight excluding hydrogens is 256 g/mol. The van der Waals surface area contributed by atoms with Crippen LogP contribution in [0.4, 0.5) is 0 Å². The smallest absolute Gasteiger partial charge is 0.253 e. The van der Waals surface area contributed by atoms with E-state index in [1.54, 1.807) is 38.3 Å². The highest BCUT2D eigenvalue weighted by Crippen LogP contribution is 2.29. The Morgan fingerprint density at radius 2 is 2.00 bits per heavy atom. The van der Waals surface area contributed by atoms with Gasteiger partial charge in [0, 0.05) is 18.2 Å². The number of rotatable bonds is 3. The summed E-state index contributed by atoms with van der Waals surface area (Å²) in [4.78, 5) is 11.9. The van der Waals surface area contributed by atoms with Gasteiger partial charge in [0.1, 0.15) is 17.4 Å². The van der Waals surface area contributed by atoms with E-state index in [0.29, 0.717) is 23.4 Å². The van der Waals surface area contributed by atoms with E-state index in [0.717, 1.165) is 4.57 Å². The molecule has 0 saturated carbocycles. The number of methoxy groups -OCH3 is 1. The van der Waals surface area contributed by atoms with Crippen LogP contribution in [-0.4, -0.2) is 16.8 Å². The molecule has 1 aromatic carbocycles. The van der Waals surface area contributed by atoms with Crippen molar-refractivity contribution in [2.75, 3.05) is 7.11 Å². The zero-order valence-electron chi connectivity index (χ0n) is 11.3. The first-order valence-corrected chi connectivity index (χ1v) is 6.13. The van der Waals surface area contributed by atoms with Crippen LogP contribution in [0.2, 0.25) is 0 Å². The molecule has 0 aliphatic rings. The molecule has 0 spiro atoms. The Bertz CT molecular complexity index is 725. The van der Waals surface area contributed by atoms with Gasteiger partial charge in [-0.05, 0) is 24.6 Å². The Labute approximate surface area is 116 Å². The molecule has 5 nitrogen and oxygen atoms in total. The Morgan fingerprint density at radius 3 is 2.50 bits per heavy atom. The maximum atomic E-state index is 11.9. The number of hydrogen-bond acceptors (Lipinski definition) is 4. The maximum absolute atomic E-state index is 11.9. The number of aromatic nitrogens is 1. The van der Waals surface area contributed by atoms with Gasteiger partial charge >= 0.3 is 0 Å². The third-order valence-electron chi connectivity index (χ3n) is 3.11. The molecule has 1 aromatic heterocycles. The number of benzene rings is 1. The lowest BCUT2D eigenvalue weighted by atomic mass is 10.0. The average Bonchev–Trinajstić information content (AvgIpc) is 2.47. The summed E-state index contributed by atoms with van der Waals surface area (Å²) in [7, 11) is 1.56. The second-order valence-electron chi connectivity index (χ2n) is 4.18. The quantitative estimate of drug-likeness (QED) is 0.927. The van der Waals surface area contributed by atoms with Crippen molar-refractivity contribution in [2.24, 2.45) is 0 Å². The zero-order valence-corrected chi connectivity index (χ0v) is 11.3. The fourth-order valence-electron chi connectivity index (χ4n) is 2.05. The first-order chi connectivity index (χ1) is 9.62. The minimum absolute atomic E-state index is 0.0941. The van der Waals surface area contributed by atoms with E-state index in [4.69, 9.17) is 4.74 Å². The maximum Gasteiger partial charge on any atom is 0.253 e. The van der Waals surface area contributed by atoms with E-state index in [9.17, 15) is 15.2 Å². The summed E-state index contributed by atoms with van der Waals surface area (Å²) in [6.07, 6.45) is 0. The van der Waals surface area contributed by atoms with Crippen LogP contribution in [0.3, 0.4) is 0 Å². The minimum Gasteiger partial charge on any atom is -0.497 e. The summed E-state index contributed by atoms with van der Waals surface area (Å²) in [5, 5.41) is 19.3. The molecule has 5 heteroatoms. The topological polar surface area (TPSA) is 75.2 Å². The number of nitrogens with zero attached hydrogens (tertiary/aromatic N) is 2. The fraction of sp³-hybridized carbons (Fsp3) is 0.200. The number of aromatic hydroxyl groups is 1. The van der Waals surface area contributed by atoms with Gasteiger partial charge in [-0.2, -0.15) is 5.26 Å². The van der Waals surface area contributed by atoms with Crippen LogP contribution in [0.1, 0.15) is 12.5 Å². The normalized spacial score (nSPS) is 10.1. The lowest BCUT2D eigenvalue weighted by Gasteiger charge is -2.11. The highest BCUT2D eigenvalue weighted by Gasteiger charge is 2.15. The van der Waals surface area contributed by atoms with Crippen molar-refractivity contribution in [1.29, 1.82) is 5.26 Å². The van der Waals surface area contributed by atoms with Crippen molar-refractivity contribution < 1.29 is 9.84 Å². The van der Waals surface area contributed by atoms with E-state index in [2.05, 4.69) is 0 Å². The van der Waals surface area contributed by atoms with Crippen molar-refractivity contribution >= 4 is 0 Å². The minimum atomic E-state index is -0.338. The molecular formula is C15H14N2O3. The van der Waals surface area contributed by atoms with E-state index in [1.807, 2.05) is 6.07 Å². The number of pyridine rings is 1. The number of hydrogen-bond donors (Lipinski definition) is 1. The van der Waals surface area contributed by atoms with Crippen molar-refractivity contribution in [3.8, 4) is 28.8 Å². The molecule has 2 rings (SSSR count). The van der Waals surface area contributed by atoms with Crippen LogP contribution < -0.4 is 10.3 Å². The van der Waals surface area contributed by atoms with E-state index >= 15 is 0 Å². The van der Waals surface area contributed by atoms with Crippen LogP contribution >= 0.6 is 0 Å². The third-order valence-corrected chi connectivity index (χ3v) is 3.11. The highest BCUT2D eigenvalue weighted by molar-refractivity contribution is 5.72. The molecule has 0 radical (unpaired) electrons. The fourth-order valence-corrected chi connectivity index (χ4v) is 2.05. The first-order valence-electron chi connectivity index (χ1n) is 6.13. The average molecular weight is 270 g/mol. The van der Waals surface area contributed by atoms with Gasteiger partial charge in [-0.15, -0.1) is 0 Å². The molecule has 1 heterocycles. The molecule has 20 heavy (non-hydrogen) atoms. The van der Waals surface area contributed by atoms with Crippen LogP contribution in [0, 0.1) is 11.3 Å². The van der Waals surface area contributed by atoms with Gasteiger partial charge in [0.05, 0.1) is 7.11 Å². The third kappa shape index (κ3) is 2.24. The van der Waals surface area contributed by atoms with Crippen LogP contribution in [0.5, 0.6) is 11.6 Å². The van der Waals surface area contributed by atoms with Crippen LogP contribution in [-0.2, 0) is 6.54 Å². The first kappa shape index (κ1) is 13.7. The molecule has 102 valence electrons. The van der Waals surface area contributed by atoms with Gasteiger partial charge < -0.3 is 9.84 Å². The Kier molecular flexibility index (Phi) is 3.76. The van der Waals surface area contributed by atoms with Gasteiger partial charge in [-0.3, -0.25) is 9.36 Å². The van der Waals surface area contributed by atoms with Crippen molar-refractivity contribution in [3.05, 3.63) is 46.2 Å². The Morgan fingerprint density at radius 1 is 1.35 bits per heavy atom. The molecule has 0 atom stereocenters. The standard InChI is InChI=1S/C15H14N2O3/c1-3-17-14(18)8-12(13(9-16)15(17)19)10-4-6-11(20-2)7-5-10/h4-8,19H,3H2,1-2H3. The number of ether oxygens (including phenoxy) is 1. The predicted molar refractivity (Wildman–Crippen MR) is 74.7 cm³/mol. The van der Waals surface area contributed by atoms with E-state index in [1.165, 1.54) is 6.07 Å². The largest absolute Gasteiger partial charge is 0.497 e. The Balaban J connectivity index is 2.68. The molecule has 0 aliphatic heterocycles. The number of nitriles is 1. The summed E-state index contributed by atoms with van der Waals surface area (Å²) in [6.45, 7) is 2.04. The molecule has 0 amide bonds. The van der Waals surface area contributed by atoms with E-state index < -0.39 is 0 Å². The van der Waals surface area contributed by atoms with Gasteiger partial charge in [0.15, 0.2) is 0 Å². The Hall–Kier alpha value is -2.74. The zero-order chi connectivity index (χ0) is 14.7. The molecule has 0 saturated heterocycles. The summed E-state index contributed by atoms with van der Waals surface area (Å²) >= 11 is 0. The van der Waals surface area contributed by atoms with Gasteiger partial charge in [0.25, 0.3) is 5.56 Å². The molecule has 0 fully saturated rings. The van der Waals surface area contributed by atoms with Crippen molar-refractivity contribution in [2.45, 2.75) is 13.5 Å². The predicted octanol–water partition coefficient (Wildman–Crippen LogP) is 2.12. The van der Waals surface area contributed by atoms with Crippen molar-refractivity contribution in [1.82, 2.24) is 4.57 Å².